The first-order valence-corrected chi connectivity index (χ1v) is 13.7. The summed E-state index contributed by atoms with van der Waals surface area (Å²) in [5, 5.41) is 27.2. The van der Waals surface area contributed by atoms with Crippen molar-refractivity contribution in [1.82, 2.24) is 15.2 Å². The molecular formula is C20H22N6O10S3. The second kappa shape index (κ2) is 12.9. The molecule has 39 heavy (non-hydrogen) atoms. The number of carbonyl (C=O) groups excluding carboxylic acids is 4. The van der Waals surface area contributed by atoms with Crippen LogP contribution in [-0.2, 0) is 33.5 Å². The largest absolute Gasteiger partial charge is 0.480 e. The first kappa shape index (κ1) is 29.9. The molecule has 1 saturated heterocycles. The predicted molar refractivity (Wildman–Crippen MR) is 139 cm³/mol. The van der Waals surface area contributed by atoms with Crippen LogP contribution < -0.4 is 16.4 Å². The molecule has 1 fully saturated rings. The lowest BCUT2D eigenvalue weighted by molar-refractivity contribution is -0.150. The van der Waals surface area contributed by atoms with Gasteiger partial charge in [-0.25, -0.2) is 9.78 Å². The van der Waals surface area contributed by atoms with Crippen LogP contribution in [0.4, 0.5) is 9.93 Å². The minimum atomic E-state index is -1.37. The number of rotatable bonds is 11. The van der Waals surface area contributed by atoms with Crippen LogP contribution in [0.15, 0.2) is 21.8 Å². The third-order valence-corrected chi connectivity index (χ3v) is 8.04. The smallest absolute Gasteiger partial charge is 0.352 e. The average Bonchev–Trinajstić information content (AvgIpc) is 3.34. The molecule has 1 aromatic heterocycles. The number of amides is 3. The third-order valence-electron chi connectivity index (χ3n) is 5.05. The van der Waals surface area contributed by atoms with E-state index in [1.807, 2.05) is 0 Å². The normalized spacial score (nSPS) is 19.4. The zero-order valence-electron chi connectivity index (χ0n) is 20.2. The number of oxime groups is 1. The van der Waals surface area contributed by atoms with Crippen molar-refractivity contribution in [2.75, 3.05) is 30.5 Å². The van der Waals surface area contributed by atoms with Gasteiger partial charge in [-0.1, -0.05) is 16.9 Å². The zero-order chi connectivity index (χ0) is 28.9. The second-order valence-electron chi connectivity index (χ2n) is 7.73. The topological polar surface area (TPSA) is 240 Å². The van der Waals surface area contributed by atoms with Gasteiger partial charge in [-0.05, 0) is 0 Å². The lowest BCUT2D eigenvalue weighted by atomic mass is 10.0. The number of nitrogens with one attached hydrogen (secondary N) is 2. The van der Waals surface area contributed by atoms with Gasteiger partial charge in [0.1, 0.15) is 42.6 Å². The summed E-state index contributed by atoms with van der Waals surface area (Å²) in [7, 11) is 1.19. The van der Waals surface area contributed by atoms with Gasteiger partial charge in [-0.2, -0.15) is 0 Å². The summed E-state index contributed by atoms with van der Waals surface area (Å²) in [5.74, 6) is -4.77. The van der Waals surface area contributed by atoms with Crippen molar-refractivity contribution in [1.29, 1.82) is 0 Å². The van der Waals surface area contributed by atoms with E-state index >= 15 is 0 Å². The molecule has 3 amide bonds. The summed E-state index contributed by atoms with van der Waals surface area (Å²) in [5.41, 5.74) is 5.01. The molecule has 2 aliphatic rings. The molecule has 0 bridgehead atoms. The van der Waals surface area contributed by atoms with E-state index in [0.29, 0.717) is 11.8 Å². The molecule has 2 aliphatic heterocycles. The molecule has 3 rings (SSSR count). The van der Waals surface area contributed by atoms with Gasteiger partial charge in [-0.15, -0.1) is 23.1 Å². The molecule has 16 nitrogen and oxygen atoms in total. The van der Waals surface area contributed by atoms with Crippen molar-refractivity contribution in [2.24, 2.45) is 10.9 Å². The summed E-state index contributed by atoms with van der Waals surface area (Å²) in [6, 6.07) is -2.31. The zero-order valence-corrected chi connectivity index (χ0v) is 22.7. The van der Waals surface area contributed by atoms with Gasteiger partial charge in [-0.3, -0.25) is 34.2 Å². The Morgan fingerprint density at radius 3 is 2.67 bits per heavy atom. The maximum absolute atomic E-state index is 13.0. The number of thiazole rings is 1. The number of esters is 1. The fourth-order valence-electron chi connectivity index (χ4n) is 3.29. The van der Waals surface area contributed by atoms with Crippen molar-refractivity contribution in [3.63, 3.8) is 0 Å². The standard InChI is InChI=1S/C20H22N6O10S3/c1-7(27)36-3-8-4-37-16-12(15(29)26(16)13(8)18(32)33)23-14(28)11(25-35-2)10-6-38-19(22-10)24-20(34)39-5-9(21)17(30)31/h6,9,12,16H,3-5,21H2,1-2H3,(H,23,28)(H,30,31)(H,32,33)(H,22,24,34)/t9-,12+,16-/m0/s1. The Bertz CT molecular complexity index is 1260. The minimum Gasteiger partial charge on any atom is -0.480 e. The van der Waals surface area contributed by atoms with Gasteiger partial charge in [0.15, 0.2) is 10.8 Å². The van der Waals surface area contributed by atoms with Gasteiger partial charge >= 0.3 is 17.9 Å². The molecule has 3 atom stereocenters. The van der Waals surface area contributed by atoms with E-state index in [4.69, 9.17) is 20.4 Å². The number of anilines is 1. The van der Waals surface area contributed by atoms with Crippen LogP contribution in [-0.4, -0.2) is 103 Å². The van der Waals surface area contributed by atoms with Crippen LogP contribution in [0.5, 0.6) is 0 Å². The van der Waals surface area contributed by atoms with Crippen LogP contribution in [0.2, 0.25) is 0 Å². The Morgan fingerprint density at radius 2 is 2.05 bits per heavy atom. The number of carboxylic acid groups (broad SMARTS) is 2. The van der Waals surface area contributed by atoms with Crippen molar-refractivity contribution in [3.05, 3.63) is 22.3 Å². The molecule has 210 valence electrons. The fourth-order valence-corrected chi connectivity index (χ4v) is 6.01. The molecule has 0 aromatic carbocycles. The highest BCUT2D eigenvalue weighted by Gasteiger charge is 2.54. The second-order valence-corrected chi connectivity index (χ2v) is 10.7. The summed E-state index contributed by atoms with van der Waals surface area (Å²) < 4.78 is 4.89. The molecule has 0 unspecified atom stereocenters. The maximum atomic E-state index is 13.0. The van der Waals surface area contributed by atoms with Crippen LogP contribution in [0.1, 0.15) is 12.6 Å². The summed E-state index contributed by atoms with van der Waals surface area (Å²) in [6.07, 6.45) is 0. The SMILES string of the molecule is CON=C(C(=O)N[C@@H]1C(=O)N2C(C(=O)O)=C(COC(C)=O)CS[C@@H]12)c1csc(NC(=O)SC[C@H](N)C(=O)O)n1. The van der Waals surface area contributed by atoms with Crippen LogP contribution >= 0.6 is 34.9 Å². The predicted octanol–water partition coefficient (Wildman–Crippen LogP) is -0.528. The Kier molecular flexibility index (Phi) is 9.89. The van der Waals surface area contributed by atoms with E-state index in [1.165, 1.54) is 31.2 Å². The first-order valence-electron chi connectivity index (χ1n) is 10.8. The van der Waals surface area contributed by atoms with E-state index in [1.54, 1.807) is 0 Å². The third kappa shape index (κ3) is 7.05. The van der Waals surface area contributed by atoms with Crippen molar-refractivity contribution in [2.45, 2.75) is 24.4 Å². The molecule has 0 radical (unpaired) electrons. The number of carboxylic acids is 2. The number of ether oxygens (including phenoxy) is 1. The molecular weight excluding hydrogens is 580 g/mol. The first-order chi connectivity index (χ1) is 18.4. The number of thioether (sulfide) groups is 2. The highest BCUT2D eigenvalue weighted by molar-refractivity contribution is 8.13. The van der Waals surface area contributed by atoms with E-state index in [2.05, 4.69) is 20.8 Å². The van der Waals surface area contributed by atoms with Crippen LogP contribution in [0.3, 0.4) is 0 Å². The van der Waals surface area contributed by atoms with Crippen LogP contribution in [0, 0.1) is 0 Å². The fraction of sp³-hybridized carbons (Fsp3) is 0.400. The van der Waals surface area contributed by atoms with Crippen molar-refractivity contribution >= 4 is 80.7 Å². The van der Waals surface area contributed by atoms with Gasteiger partial charge in [0.25, 0.3) is 17.1 Å². The van der Waals surface area contributed by atoms with Crippen LogP contribution in [0.25, 0.3) is 0 Å². The van der Waals surface area contributed by atoms with Gasteiger partial charge < -0.3 is 30.8 Å². The maximum Gasteiger partial charge on any atom is 0.352 e. The molecule has 19 heteroatoms. The highest BCUT2D eigenvalue weighted by Crippen LogP contribution is 2.40. The molecule has 1 aromatic rings. The number of carbonyl (C=O) groups is 6. The van der Waals surface area contributed by atoms with Gasteiger partial charge in [0.05, 0.1) is 0 Å². The monoisotopic (exact) mass is 602 g/mol. The molecule has 3 heterocycles. The molecule has 0 aliphatic carbocycles. The van der Waals surface area contributed by atoms with E-state index < -0.39 is 52.4 Å². The lowest BCUT2D eigenvalue weighted by Gasteiger charge is -2.49. The number of β-lactam (4-membered cyclic amide) rings is 1. The van der Waals surface area contributed by atoms with E-state index in [9.17, 15) is 33.9 Å². The minimum absolute atomic E-state index is 0.0107. The van der Waals surface area contributed by atoms with Gasteiger partial charge in [0.2, 0.25) is 0 Å². The summed E-state index contributed by atoms with van der Waals surface area (Å²) in [4.78, 5) is 81.5. The Labute approximate surface area is 232 Å². The molecule has 6 N–H and O–H groups in total. The number of aliphatic carboxylic acids is 2. The number of aromatic nitrogens is 1. The summed E-state index contributed by atoms with van der Waals surface area (Å²) >= 11 is 2.78. The van der Waals surface area contributed by atoms with Gasteiger partial charge in [0, 0.05) is 29.4 Å². The molecule has 0 spiro atoms. The average molecular weight is 603 g/mol. The lowest BCUT2D eigenvalue weighted by Crippen LogP contribution is -2.71. The Balaban J connectivity index is 1.67. The summed E-state index contributed by atoms with van der Waals surface area (Å²) in [6.45, 7) is 0.894. The van der Waals surface area contributed by atoms with E-state index in [0.717, 1.165) is 16.2 Å². The number of hydrogen-bond acceptors (Lipinski definition) is 14. The molecule has 0 saturated carbocycles. The quantitative estimate of drug-likeness (QED) is 0.0926. The Morgan fingerprint density at radius 1 is 1.33 bits per heavy atom. The Hall–Kier alpha value is -3.68. The number of fused-ring (bicyclic) bond motifs is 1. The van der Waals surface area contributed by atoms with Crippen molar-refractivity contribution in [3.8, 4) is 0 Å². The van der Waals surface area contributed by atoms with E-state index in [-0.39, 0.29) is 45.9 Å². The highest BCUT2D eigenvalue weighted by atomic mass is 32.2. The number of nitrogens with zero attached hydrogens (tertiary/aromatic N) is 3. The number of nitrogens with two attached hydrogens (primary N) is 1. The number of hydrogen-bond donors (Lipinski definition) is 5. The van der Waals surface area contributed by atoms with Crippen molar-refractivity contribution < 1.29 is 48.6 Å².